The van der Waals surface area contributed by atoms with Crippen molar-refractivity contribution in [3.05, 3.63) is 23.9 Å². The third-order valence-electron chi connectivity index (χ3n) is 2.11. The Kier molecular flexibility index (Phi) is 5.26. The Labute approximate surface area is 94.9 Å². The van der Waals surface area contributed by atoms with Gasteiger partial charge in [-0.2, -0.15) is 5.26 Å². The number of nitriles is 1. The van der Waals surface area contributed by atoms with Crippen molar-refractivity contribution >= 4 is 5.82 Å². The number of methoxy groups -OCH3 is 1. The molecule has 0 aliphatic carbocycles. The van der Waals surface area contributed by atoms with E-state index in [0.717, 1.165) is 0 Å². The highest BCUT2D eigenvalue weighted by atomic mass is 16.5. The van der Waals surface area contributed by atoms with Gasteiger partial charge in [0.15, 0.2) is 0 Å². The van der Waals surface area contributed by atoms with Gasteiger partial charge in [-0.05, 0) is 12.1 Å². The Balaban J connectivity index is 2.79. The van der Waals surface area contributed by atoms with E-state index in [1.807, 2.05) is 17.0 Å². The second-order valence-electron chi connectivity index (χ2n) is 3.20. The molecule has 16 heavy (non-hydrogen) atoms. The molecule has 0 aromatic carbocycles. The summed E-state index contributed by atoms with van der Waals surface area (Å²) >= 11 is 0. The van der Waals surface area contributed by atoms with Gasteiger partial charge in [0.05, 0.1) is 13.2 Å². The summed E-state index contributed by atoms with van der Waals surface area (Å²) < 4.78 is 4.98. The van der Waals surface area contributed by atoms with Crippen molar-refractivity contribution in [2.75, 3.05) is 38.3 Å². The number of anilines is 1. The van der Waals surface area contributed by atoms with Gasteiger partial charge in [0, 0.05) is 20.2 Å². The van der Waals surface area contributed by atoms with Crippen molar-refractivity contribution in [2.45, 2.75) is 0 Å². The number of nitrogens with zero attached hydrogens (tertiary/aromatic N) is 3. The second-order valence-corrected chi connectivity index (χ2v) is 3.20. The first-order chi connectivity index (χ1) is 7.81. The highest BCUT2D eigenvalue weighted by Gasteiger charge is 2.07. The highest BCUT2D eigenvalue weighted by molar-refractivity contribution is 5.41. The fraction of sp³-hybridized carbons (Fsp3) is 0.455. The van der Waals surface area contributed by atoms with Crippen LogP contribution in [0.1, 0.15) is 5.69 Å². The van der Waals surface area contributed by atoms with Crippen LogP contribution in [0.15, 0.2) is 18.2 Å². The van der Waals surface area contributed by atoms with E-state index in [1.54, 1.807) is 19.2 Å². The molecule has 0 aliphatic heterocycles. The molecule has 5 nitrogen and oxygen atoms in total. The first-order valence-corrected chi connectivity index (χ1v) is 5.03. The number of aliphatic hydroxyl groups is 1. The van der Waals surface area contributed by atoms with Crippen molar-refractivity contribution in [3.63, 3.8) is 0 Å². The van der Waals surface area contributed by atoms with E-state index in [1.165, 1.54) is 0 Å². The molecule has 0 spiro atoms. The normalized spacial score (nSPS) is 9.81. The number of aliphatic hydroxyl groups excluding tert-OH is 1. The number of hydrogen-bond acceptors (Lipinski definition) is 5. The highest BCUT2D eigenvalue weighted by Crippen LogP contribution is 2.10. The van der Waals surface area contributed by atoms with Crippen molar-refractivity contribution in [1.29, 1.82) is 5.26 Å². The van der Waals surface area contributed by atoms with E-state index in [-0.39, 0.29) is 6.61 Å². The minimum atomic E-state index is 0.0438. The molecule has 1 N–H and O–H groups in total. The van der Waals surface area contributed by atoms with Crippen molar-refractivity contribution in [1.82, 2.24) is 4.98 Å². The predicted octanol–water partition coefficient (Wildman–Crippen LogP) is 0.398. The minimum absolute atomic E-state index is 0.0438. The summed E-state index contributed by atoms with van der Waals surface area (Å²) in [5.74, 6) is 0.685. The summed E-state index contributed by atoms with van der Waals surface area (Å²) in [7, 11) is 1.62. The van der Waals surface area contributed by atoms with Crippen LogP contribution in [0.4, 0.5) is 5.82 Å². The van der Waals surface area contributed by atoms with Crippen LogP contribution in [-0.4, -0.2) is 43.5 Å². The van der Waals surface area contributed by atoms with E-state index < -0.39 is 0 Å². The van der Waals surface area contributed by atoms with Crippen LogP contribution in [0, 0.1) is 11.3 Å². The van der Waals surface area contributed by atoms with Crippen molar-refractivity contribution in [3.8, 4) is 6.07 Å². The maximum atomic E-state index is 8.95. The molecule has 0 amide bonds. The second kappa shape index (κ2) is 6.77. The van der Waals surface area contributed by atoms with Crippen LogP contribution in [0.25, 0.3) is 0 Å². The van der Waals surface area contributed by atoms with Crippen LogP contribution in [0.2, 0.25) is 0 Å². The molecular weight excluding hydrogens is 206 g/mol. The zero-order chi connectivity index (χ0) is 11.8. The Morgan fingerprint density at radius 1 is 1.50 bits per heavy atom. The number of pyridine rings is 1. The predicted molar refractivity (Wildman–Crippen MR) is 60.1 cm³/mol. The van der Waals surface area contributed by atoms with Gasteiger partial charge >= 0.3 is 0 Å². The van der Waals surface area contributed by atoms with Gasteiger partial charge in [0.1, 0.15) is 17.6 Å². The summed E-state index contributed by atoms with van der Waals surface area (Å²) in [6.07, 6.45) is 0. The van der Waals surface area contributed by atoms with Crippen molar-refractivity contribution in [2.24, 2.45) is 0 Å². The molecule has 0 atom stereocenters. The fourth-order valence-corrected chi connectivity index (χ4v) is 1.32. The van der Waals surface area contributed by atoms with Crippen LogP contribution in [0.5, 0.6) is 0 Å². The average Bonchev–Trinajstić information content (AvgIpc) is 2.34. The Hall–Kier alpha value is -1.64. The van der Waals surface area contributed by atoms with E-state index in [0.29, 0.717) is 31.2 Å². The van der Waals surface area contributed by atoms with Gasteiger partial charge in [-0.1, -0.05) is 6.07 Å². The zero-order valence-corrected chi connectivity index (χ0v) is 9.26. The summed E-state index contributed by atoms with van der Waals surface area (Å²) in [6.45, 7) is 1.71. The van der Waals surface area contributed by atoms with Crippen LogP contribution >= 0.6 is 0 Å². The van der Waals surface area contributed by atoms with Gasteiger partial charge in [0.2, 0.25) is 0 Å². The topological polar surface area (TPSA) is 69.4 Å². The SMILES string of the molecule is COCCN(CCO)c1cccc(C#N)n1. The lowest BCUT2D eigenvalue weighted by Crippen LogP contribution is -2.30. The average molecular weight is 221 g/mol. The number of rotatable bonds is 6. The molecule has 0 bridgehead atoms. The monoisotopic (exact) mass is 221 g/mol. The van der Waals surface area contributed by atoms with E-state index in [9.17, 15) is 0 Å². The Morgan fingerprint density at radius 2 is 2.31 bits per heavy atom. The molecule has 86 valence electrons. The molecule has 0 unspecified atom stereocenters. The molecule has 1 aromatic heterocycles. The maximum absolute atomic E-state index is 8.95. The molecule has 1 rings (SSSR count). The molecule has 1 heterocycles. The quantitative estimate of drug-likeness (QED) is 0.753. The van der Waals surface area contributed by atoms with Crippen LogP contribution in [0.3, 0.4) is 0 Å². The first-order valence-electron chi connectivity index (χ1n) is 5.03. The van der Waals surface area contributed by atoms with Crippen LogP contribution < -0.4 is 4.90 Å². The van der Waals surface area contributed by atoms with Gasteiger partial charge in [-0.25, -0.2) is 4.98 Å². The van der Waals surface area contributed by atoms with Crippen molar-refractivity contribution < 1.29 is 9.84 Å². The number of ether oxygens (including phenoxy) is 1. The molecule has 5 heteroatoms. The Bertz CT molecular complexity index is 362. The molecule has 1 aromatic rings. The molecule has 0 saturated carbocycles. The van der Waals surface area contributed by atoms with Gasteiger partial charge in [-0.15, -0.1) is 0 Å². The smallest absolute Gasteiger partial charge is 0.142 e. The number of hydrogen-bond donors (Lipinski definition) is 1. The van der Waals surface area contributed by atoms with E-state index >= 15 is 0 Å². The molecule has 0 aliphatic rings. The minimum Gasteiger partial charge on any atom is -0.395 e. The summed E-state index contributed by atoms with van der Waals surface area (Å²) in [5, 5.41) is 17.7. The standard InChI is InChI=1S/C11H15N3O2/c1-16-8-6-14(5-7-15)11-4-2-3-10(9-12)13-11/h2-4,15H,5-8H2,1H3. The lowest BCUT2D eigenvalue weighted by Gasteiger charge is -2.22. The maximum Gasteiger partial charge on any atom is 0.142 e. The summed E-state index contributed by atoms with van der Waals surface area (Å²) in [5.41, 5.74) is 0.373. The lowest BCUT2D eigenvalue weighted by molar-refractivity contribution is 0.202. The Morgan fingerprint density at radius 3 is 2.94 bits per heavy atom. The van der Waals surface area contributed by atoms with E-state index in [2.05, 4.69) is 4.98 Å². The molecule has 0 fully saturated rings. The largest absolute Gasteiger partial charge is 0.395 e. The van der Waals surface area contributed by atoms with E-state index in [4.69, 9.17) is 15.1 Å². The summed E-state index contributed by atoms with van der Waals surface area (Å²) in [6, 6.07) is 7.23. The lowest BCUT2D eigenvalue weighted by atomic mass is 10.3. The molecule has 0 radical (unpaired) electrons. The third kappa shape index (κ3) is 3.50. The fourth-order valence-electron chi connectivity index (χ4n) is 1.32. The first kappa shape index (κ1) is 12.4. The molecule has 0 saturated heterocycles. The zero-order valence-electron chi connectivity index (χ0n) is 9.26. The molecular formula is C11H15N3O2. The summed E-state index contributed by atoms with van der Waals surface area (Å²) in [4.78, 5) is 6.04. The van der Waals surface area contributed by atoms with Crippen LogP contribution in [-0.2, 0) is 4.74 Å². The van der Waals surface area contributed by atoms with Gasteiger partial charge in [0.25, 0.3) is 0 Å². The van der Waals surface area contributed by atoms with Gasteiger partial charge < -0.3 is 14.7 Å². The third-order valence-corrected chi connectivity index (χ3v) is 2.11. The number of aromatic nitrogens is 1. The van der Waals surface area contributed by atoms with Gasteiger partial charge in [-0.3, -0.25) is 0 Å².